The van der Waals surface area contributed by atoms with Crippen LogP contribution in [0.4, 0.5) is 0 Å². The Morgan fingerprint density at radius 1 is 1.30 bits per heavy atom. The number of aromatic nitrogens is 4. The third-order valence-electron chi connectivity index (χ3n) is 4.56. The normalized spacial score (nSPS) is 15.1. The lowest BCUT2D eigenvalue weighted by molar-refractivity contribution is 0.0914. The molecule has 1 fully saturated rings. The Morgan fingerprint density at radius 3 is 2.63 bits per heavy atom. The molecular formula is C19H20BrN5O2. The van der Waals surface area contributed by atoms with Crippen molar-refractivity contribution in [1.82, 2.24) is 25.2 Å². The molecule has 1 atom stereocenters. The third kappa shape index (κ3) is 3.95. The average Bonchev–Trinajstić information content (AvgIpc) is 3.23. The van der Waals surface area contributed by atoms with E-state index in [0.717, 1.165) is 28.8 Å². The monoisotopic (exact) mass is 429 g/mol. The Morgan fingerprint density at radius 2 is 2.04 bits per heavy atom. The van der Waals surface area contributed by atoms with Crippen LogP contribution >= 0.6 is 15.9 Å². The lowest BCUT2D eigenvalue weighted by Gasteiger charge is -2.18. The number of hydrogen-bond acceptors (Lipinski definition) is 5. The Kier molecular flexibility index (Phi) is 4.82. The van der Waals surface area contributed by atoms with Crippen molar-refractivity contribution in [3.8, 4) is 5.69 Å². The summed E-state index contributed by atoms with van der Waals surface area (Å²) in [6.45, 7) is 4.04. The average molecular weight is 430 g/mol. The van der Waals surface area contributed by atoms with Gasteiger partial charge in [0.15, 0.2) is 5.82 Å². The maximum absolute atomic E-state index is 12.7. The minimum atomic E-state index is -0.320. The summed E-state index contributed by atoms with van der Waals surface area (Å²) in [6, 6.07) is 6.95. The van der Waals surface area contributed by atoms with Gasteiger partial charge in [0.2, 0.25) is 5.89 Å². The fourth-order valence-electron chi connectivity index (χ4n) is 2.83. The molecule has 7 nitrogen and oxygen atoms in total. The quantitative estimate of drug-likeness (QED) is 0.639. The van der Waals surface area contributed by atoms with Gasteiger partial charge in [-0.25, -0.2) is 4.68 Å². The number of rotatable bonds is 6. The summed E-state index contributed by atoms with van der Waals surface area (Å²) < 4.78 is 8.05. The van der Waals surface area contributed by atoms with Crippen molar-refractivity contribution in [1.29, 1.82) is 0 Å². The second-order valence-corrected chi connectivity index (χ2v) is 8.03. The van der Waals surface area contributed by atoms with Crippen LogP contribution in [0.15, 0.2) is 45.7 Å². The van der Waals surface area contributed by atoms with E-state index in [1.165, 1.54) is 0 Å². The van der Waals surface area contributed by atoms with E-state index in [4.69, 9.17) is 4.52 Å². The Balaban J connectivity index is 1.48. The van der Waals surface area contributed by atoms with Crippen molar-refractivity contribution in [2.24, 2.45) is 5.92 Å². The molecule has 1 aliphatic rings. The first-order chi connectivity index (χ1) is 13.0. The molecule has 1 aliphatic carbocycles. The Hall–Kier alpha value is -2.48. The number of amides is 1. The van der Waals surface area contributed by atoms with E-state index in [1.807, 2.05) is 32.2 Å². The first-order valence-electron chi connectivity index (χ1n) is 8.96. The van der Waals surface area contributed by atoms with Crippen LogP contribution < -0.4 is 5.32 Å². The molecule has 0 saturated heterocycles. The van der Waals surface area contributed by atoms with E-state index in [0.29, 0.717) is 17.4 Å². The van der Waals surface area contributed by atoms with Gasteiger partial charge in [0.05, 0.1) is 16.4 Å². The van der Waals surface area contributed by atoms with Crippen LogP contribution in [0.1, 0.15) is 60.7 Å². The van der Waals surface area contributed by atoms with Gasteiger partial charge in [-0.05, 0) is 59.0 Å². The largest absolute Gasteiger partial charge is 0.340 e. The summed E-state index contributed by atoms with van der Waals surface area (Å²) in [4.78, 5) is 17.2. The van der Waals surface area contributed by atoms with Crippen LogP contribution in [0.3, 0.4) is 0 Å². The van der Waals surface area contributed by atoms with Crippen LogP contribution in [0, 0.1) is 5.92 Å². The van der Waals surface area contributed by atoms with E-state index >= 15 is 0 Å². The highest BCUT2D eigenvalue weighted by atomic mass is 79.9. The lowest BCUT2D eigenvalue weighted by atomic mass is 10.0. The summed E-state index contributed by atoms with van der Waals surface area (Å²) in [7, 11) is 0. The molecule has 0 radical (unpaired) electrons. The van der Waals surface area contributed by atoms with Gasteiger partial charge in [-0.15, -0.1) is 0 Å². The molecule has 4 rings (SSSR count). The second kappa shape index (κ2) is 7.26. The van der Waals surface area contributed by atoms with Crippen molar-refractivity contribution in [3.05, 3.63) is 58.4 Å². The van der Waals surface area contributed by atoms with Gasteiger partial charge in [-0.3, -0.25) is 4.79 Å². The molecule has 1 saturated carbocycles. The summed E-state index contributed by atoms with van der Waals surface area (Å²) >= 11 is 3.38. The fraction of sp³-hybridized carbons (Fsp3) is 0.368. The highest BCUT2D eigenvalue weighted by Crippen LogP contribution is 2.38. The van der Waals surface area contributed by atoms with Crippen LogP contribution in [-0.4, -0.2) is 25.8 Å². The van der Waals surface area contributed by atoms with Gasteiger partial charge in [0.25, 0.3) is 5.91 Å². The van der Waals surface area contributed by atoms with E-state index in [9.17, 15) is 4.79 Å². The molecule has 3 aromatic rings. The minimum Gasteiger partial charge on any atom is -0.340 e. The standard InChI is InChI=1S/C19H20BrN5O2/c1-11(2)16(19-23-17(24-27-19)12-3-4-12)22-18(26)13-5-7-15(8-6-13)25-10-14(20)9-21-25/h5-12,16H,3-4H2,1-2H3,(H,22,26). The molecule has 0 bridgehead atoms. The molecule has 27 heavy (non-hydrogen) atoms. The van der Waals surface area contributed by atoms with Gasteiger partial charge in [-0.1, -0.05) is 19.0 Å². The number of halogens is 1. The van der Waals surface area contributed by atoms with Gasteiger partial charge >= 0.3 is 0 Å². The SMILES string of the molecule is CC(C)C(NC(=O)c1ccc(-n2cc(Br)cn2)cc1)c1nc(C2CC2)no1. The molecule has 1 N–H and O–H groups in total. The van der Waals surface area contributed by atoms with Crippen molar-refractivity contribution in [3.63, 3.8) is 0 Å². The summed E-state index contributed by atoms with van der Waals surface area (Å²) in [5.74, 6) is 1.59. The highest BCUT2D eigenvalue weighted by Gasteiger charge is 2.31. The highest BCUT2D eigenvalue weighted by molar-refractivity contribution is 9.10. The molecule has 0 spiro atoms. The zero-order valence-electron chi connectivity index (χ0n) is 15.1. The molecule has 1 unspecified atom stereocenters. The van der Waals surface area contributed by atoms with Gasteiger partial charge in [-0.2, -0.15) is 10.1 Å². The molecule has 2 aromatic heterocycles. The number of carbonyl (C=O) groups excluding carboxylic acids is 1. The maximum Gasteiger partial charge on any atom is 0.251 e. The van der Waals surface area contributed by atoms with Gasteiger partial charge < -0.3 is 9.84 Å². The Labute approximate surface area is 165 Å². The van der Waals surface area contributed by atoms with Gasteiger partial charge in [0.1, 0.15) is 6.04 Å². The topological polar surface area (TPSA) is 85.8 Å². The number of nitrogens with one attached hydrogen (secondary N) is 1. The molecule has 1 aromatic carbocycles. The molecule has 8 heteroatoms. The van der Waals surface area contributed by atoms with E-state index in [-0.39, 0.29) is 17.9 Å². The number of carbonyl (C=O) groups is 1. The van der Waals surface area contributed by atoms with Crippen molar-refractivity contribution >= 4 is 21.8 Å². The summed E-state index contributed by atoms with van der Waals surface area (Å²) in [5, 5.41) is 11.3. The minimum absolute atomic E-state index is 0.127. The lowest BCUT2D eigenvalue weighted by Crippen LogP contribution is -2.32. The third-order valence-corrected chi connectivity index (χ3v) is 4.97. The van der Waals surface area contributed by atoms with Crippen LogP contribution in [-0.2, 0) is 0 Å². The zero-order valence-corrected chi connectivity index (χ0v) is 16.7. The van der Waals surface area contributed by atoms with Crippen molar-refractivity contribution in [2.75, 3.05) is 0 Å². The van der Waals surface area contributed by atoms with Crippen LogP contribution in [0.2, 0.25) is 0 Å². The first kappa shape index (κ1) is 17.9. The number of hydrogen-bond donors (Lipinski definition) is 1. The first-order valence-corrected chi connectivity index (χ1v) is 9.75. The zero-order chi connectivity index (χ0) is 19.0. The van der Waals surface area contributed by atoms with E-state index in [1.54, 1.807) is 23.0 Å². The van der Waals surface area contributed by atoms with Crippen molar-refractivity contribution in [2.45, 2.75) is 38.6 Å². The predicted molar refractivity (Wildman–Crippen MR) is 103 cm³/mol. The molecule has 2 heterocycles. The second-order valence-electron chi connectivity index (χ2n) is 7.11. The molecule has 140 valence electrons. The molecule has 1 amide bonds. The summed E-state index contributed by atoms with van der Waals surface area (Å²) in [5.41, 5.74) is 1.45. The van der Waals surface area contributed by atoms with Gasteiger partial charge in [0, 0.05) is 17.7 Å². The number of benzene rings is 1. The predicted octanol–water partition coefficient (Wildman–Crippen LogP) is 4.02. The molecular weight excluding hydrogens is 410 g/mol. The number of nitrogens with zero attached hydrogens (tertiary/aromatic N) is 4. The smallest absolute Gasteiger partial charge is 0.251 e. The Bertz CT molecular complexity index is 943. The van der Waals surface area contributed by atoms with Crippen molar-refractivity contribution < 1.29 is 9.32 Å². The molecule has 0 aliphatic heterocycles. The summed E-state index contributed by atoms with van der Waals surface area (Å²) in [6.07, 6.45) is 5.79. The fourth-order valence-corrected chi connectivity index (χ4v) is 3.11. The van der Waals surface area contributed by atoms with Crippen LogP contribution in [0.25, 0.3) is 5.69 Å². The maximum atomic E-state index is 12.7. The van der Waals surface area contributed by atoms with E-state index < -0.39 is 0 Å². The van der Waals surface area contributed by atoms with E-state index in [2.05, 4.69) is 36.5 Å². The van der Waals surface area contributed by atoms with Crippen LogP contribution in [0.5, 0.6) is 0 Å².